The highest BCUT2D eigenvalue weighted by molar-refractivity contribution is 5.92. The summed E-state index contributed by atoms with van der Waals surface area (Å²) in [4.78, 5) is 23.2. The summed E-state index contributed by atoms with van der Waals surface area (Å²) in [5, 5.41) is 3.25. The lowest BCUT2D eigenvalue weighted by Gasteiger charge is -2.59. The van der Waals surface area contributed by atoms with Crippen LogP contribution in [-0.4, -0.2) is 24.5 Å². The van der Waals surface area contributed by atoms with Gasteiger partial charge in [-0.05, 0) is 92.4 Å². The van der Waals surface area contributed by atoms with Gasteiger partial charge in [-0.25, -0.2) is 0 Å². The fourth-order valence-corrected chi connectivity index (χ4v) is 6.12. The van der Waals surface area contributed by atoms with Gasteiger partial charge in [0, 0.05) is 12.1 Å². The molecule has 4 fully saturated rings. The Morgan fingerprint density at radius 2 is 1.71 bits per heavy atom. The molecule has 0 heterocycles. The topological polar surface area (TPSA) is 81.4 Å². The average molecular weight is 383 g/mol. The smallest absolute Gasteiger partial charge is 0.255 e. The van der Waals surface area contributed by atoms with Gasteiger partial charge in [0.1, 0.15) is 5.75 Å². The Morgan fingerprint density at radius 1 is 1.14 bits per heavy atom. The van der Waals surface area contributed by atoms with Crippen molar-refractivity contribution in [3.8, 4) is 5.75 Å². The van der Waals surface area contributed by atoms with Gasteiger partial charge in [-0.3, -0.25) is 9.59 Å². The second kappa shape index (κ2) is 7.61. The second-order valence-electron chi connectivity index (χ2n) is 9.17. The SMILES string of the molecule is CC(NC(=O)/C=C/c1ccc(OCC(N)=O)cc1)C12CC3CC(CC(C3)C1)C2. The molecule has 1 aromatic rings. The molecule has 1 aromatic carbocycles. The minimum atomic E-state index is -0.506. The van der Waals surface area contributed by atoms with E-state index in [1.165, 1.54) is 38.5 Å². The Balaban J connectivity index is 1.32. The molecule has 1 unspecified atom stereocenters. The zero-order valence-electron chi connectivity index (χ0n) is 16.5. The third-order valence-electron chi connectivity index (χ3n) is 7.05. The van der Waals surface area contributed by atoms with Crippen molar-refractivity contribution in [2.24, 2.45) is 28.9 Å². The summed E-state index contributed by atoms with van der Waals surface area (Å²) >= 11 is 0. The first-order chi connectivity index (χ1) is 13.4. The number of benzene rings is 1. The van der Waals surface area contributed by atoms with Gasteiger partial charge in [-0.2, -0.15) is 0 Å². The van der Waals surface area contributed by atoms with E-state index in [2.05, 4.69) is 12.2 Å². The van der Waals surface area contributed by atoms with E-state index in [1.54, 1.807) is 24.3 Å². The van der Waals surface area contributed by atoms with E-state index in [1.807, 2.05) is 12.1 Å². The largest absolute Gasteiger partial charge is 0.484 e. The molecule has 150 valence electrons. The standard InChI is InChI=1S/C23H30N2O3/c1-15(23-11-17-8-18(12-23)10-19(9-17)13-23)25-22(27)7-4-16-2-5-20(6-3-16)28-14-21(24)26/h2-7,15,17-19H,8-14H2,1H3,(H2,24,26)(H,25,27)/b7-4+. The van der Waals surface area contributed by atoms with Gasteiger partial charge in [-0.1, -0.05) is 12.1 Å². The minimum absolute atomic E-state index is 0.0303. The van der Waals surface area contributed by atoms with Crippen molar-refractivity contribution >= 4 is 17.9 Å². The van der Waals surface area contributed by atoms with Crippen LogP contribution in [-0.2, 0) is 9.59 Å². The van der Waals surface area contributed by atoms with E-state index in [9.17, 15) is 9.59 Å². The molecule has 0 radical (unpaired) electrons. The lowest BCUT2D eigenvalue weighted by atomic mass is 9.48. The van der Waals surface area contributed by atoms with E-state index >= 15 is 0 Å². The van der Waals surface area contributed by atoms with Crippen LogP contribution in [0.15, 0.2) is 30.3 Å². The Hall–Kier alpha value is -2.30. The maximum atomic E-state index is 12.5. The molecule has 1 atom stereocenters. The number of ether oxygens (including phenoxy) is 1. The predicted octanol–water partition coefficient (Wildman–Crippen LogP) is 3.29. The summed E-state index contributed by atoms with van der Waals surface area (Å²) in [6.07, 6.45) is 11.5. The zero-order valence-corrected chi connectivity index (χ0v) is 16.5. The van der Waals surface area contributed by atoms with Crippen LogP contribution in [0.5, 0.6) is 5.75 Å². The van der Waals surface area contributed by atoms with Crippen molar-refractivity contribution in [2.45, 2.75) is 51.5 Å². The fraction of sp³-hybridized carbons (Fsp3) is 0.565. The van der Waals surface area contributed by atoms with Crippen LogP contribution in [0.25, 0.3) is 6.08 Å². The lowest BCUT2D eigenvalue weighted by Crippen LogP contribution is -2.55. The quantitative estimate of drug-likeness (QED) is 0.710. The number of primary amides is 1. The van der Waals surface area contributed by atoms with Crippen molar-refractivity contribution in [3.63, 3.8) is 0 Å². The van der Waals surface area contributed by atoms with Crippen molar-refractivity contribution < 1.29 is 14.3 Å². The molecule has 3 N–H and O–H groups in total. The van der Waals surface area contributed by atoms with Crippen molar-refractivity contribution in [1.82, 2.24) is 5.32 Å². The third-order valence-corrected chi connectivity index (χ3v) is 7.05. The van der Waals surface area contributed by atoms with E-state index in [4.69, 9.17) is 10.5 Å². The van der Waals surface area contributed by atoms with E-state index in [0.29, 0.717) is 11.2 Å². The van der Waals surface area contributed by atoms with Crippen LogP contribution >= 0.6 is 0 Å². The minimum Gasteiger partial charge on any atom is -0.484 e. The van der Waals surface area contributed by atoms with Crippen molar-refractivity contribution in [1.29, 1.82) is 0 Å². The number of amides is 2. The van der Waals surface area contributed by atoms with Crippen LogP contribution in [0.2, 0.25) is 0 Å². The summed E-state index contributed by atoms with van der Waals surface area (Å²) < 4.78 is 5.24. The number of hydrogen-bond acceptors (Lipinski definition) is 3. The monoisotopic (exact) mass is 382 g/mol. The summed E-state index contributed by atoms with van der Waals surface area (Å²) in [7, 11) is 0. The first-order valence-corrected chi connectivity index (χ1v) is 10.4. The van der Waals surface area contributed by atoms with Gasteiger partial charge < -0.3 is 15.8 Å². The Morgan fingerprint density at radius 3 is 2.25 bits per heavy atom. The number of hydrogen-bond donors (Lipinski definition) is 2. The fourth-order valence-electron chi connectivity index (χ4n) is 6.12. The first-order valence-electron chi connectivity index (χ1n) is 10.4. The predicted molar refractivity (Wildman–Crippen MR) is 108 cm³/mol. The van der Waals surface area contributed by atoms with Gasteiger partial charge in [0.25, 0.3) is 5.91 Å². The molecule has 0 aromatic heterocycles. The van der Waals surface area contributed by atoms with E-state index < -0.39 is 5.91 Å². The van der Waals surface area contributed by atoms with Crippen molar-refractivity contribution in [2.75, 3.05) is 6.61 Å². The van der Waals surface area contributed by atoms with Crippen LogP contribution < -0.4 is 15.8 Å². The zero-order chi connectivity index (χ0) is 19.7. The Kier molecular flexibility index (Phi) is 5.17. The van der Waals surface area contributed by atoms with Crippen LogP contribution in [0, 0.1) is 23.2 Å². The molecule has 4 bridgehead atoms. The van der Waals surface area contributed by atoms with Crippen molar-refractivity contribution in [3.05, 3.63) is 35.9 Å². The summed E-state index contributed by atoms with van der Waals surface area (Å²) in [5.41, 5.74) is 6.29. The molecule has 0 spiro atoms. The first kappa shape index (κ1) is 19.0. The number of rotatable bonds is 7. The maximum Gasteiger partial charge on any atom is 0.255 e. The normalized spacial score (nSPS) is 31.7. The average Bonchev–Trinajstić information content (AvgIpc) is 2.64. The highest BCUT2D eigenvalue weighted by atomic mass is 16.5. The maximum absolute atomic E-state index is 12.5. The van der Waals surface area contributed by atoms with Gasteiger partial charge >= 0.3 is 0 Å². The number of carbonyl (C=O) groups is 2. The van der Waals surface area contributed by atoms with Crippen LogP contribution in [0.1, 0.15) is 51.0 Å². The molecular formula is C23H30N2O3. The molecule has 4 aliphatic carbocycles. The molecular weight excluding hydrogens is 352 g/mol. The van der Waals surface area contributed by atoms with Gasteiger partial charge in [0.15, 0.2) is 6.61 Å². The van der Waals surface area contributed by atoms with E-state index in [-0.39, 0.29) is 18.6 Å². The number of nitrogens with one attached hydrogen (secondary N) is 1. The third kappa shape index (κ3) is 4.08. The number of nitrogens with two attached hydrogens (primary N) is 1. The Bertz CT molecular complexity index is 733. The second-order valence-corrected chi connectivity index (χ2v) is 9.17. The summed E-state index contributed by atoms with van der Waals surface area (Å²) in [6.45, 7) is 2.06. The molecule has 0 aliphatic heterocycles. The number of carbonyl (C=O) groups excluding carboxylic acids is 2. The highest BCUT2D eigenvalue weighted by Gasteiger charge is 2.53. The van der Waals surface area contributed by atoms with Crippen LogP contribution in [0.3, 0.4) is 0 Å². The van der Waals surface area contributed by atoms with Gasteiger partial charge in [0.2, 0.25) is 5.91 Å². The van der Waals surface area contributed by atoms with Gasteiger partial charge in [-0.15, -0.1) is 0 Å². The van der Waals surface area contributed by atoms with E-state index in [0.717, 1.165) is 23.3 Å². The molecule has 28 heavy (non-hydrogen) atoms. The molecule has 5 rings (SSSR count). The van der Waals surface area contributed by atoms with Gasteiger partial charge in [0.05, 0.1) is 0 Å². The highest BCUT2D eigenvalue weighted by Crippen LogP contribution is 2.61. The van der Waals surface area contributed by atoms with Crippen LogP contribution in [0.4, 0.5) is 0 Å². The summed E-state index contributed by atoms with van der Waals surface area (Å²) in [6, 6.07) is 7.45. The Labute approximate surface area is 166 Å². The molecule has 5 heteroatoms. The molecule has 0 saturated heterocycles. The molecule has 2 amide bonds. The lowest BCUT2D eigenvalue weighted by molar-refractivity contribution is -0.121. The molecule has 5 nitrogen and oxygen atoms in total. The molecule has 4 saturated carbocycles. The molecule has 4 aliphatic rings. The summed E-state index contributed by atoms with van der Waals surface area (Å²) in [5.74, 6) is 2.70.